The Labute approximate surface area is 177 Å². The van der Waals surface area contributed by atoms with Crippen molar-refractivity contribution in [2.24, 2.45) is 5.92 Å². The molecule has 1 aromatic carbocycles. The first-order chi connectivity index (χ1) is 13.2. The molecule has 3 rings (SSSR count). The number of thioether (sulfide) groups is 1. The second-order valence-corrected chi connectivity index (χ2v) is 8.02. The van der Waals surface area contributed by atoms with Gasteiger partial charge in [-0.15, -0.1) is 24.2 Å². The summed E-state index contributed by atoms with van der Waals surface area (Å²) in [5, 5.41) is 10.9. The Kier molecular flexibility index (Phi) is 9.15. The van der Waals surface area contributed by atoms with Gasteiger partial charge in [0.05, 0.1) is 13.2 Å². The van der Waals surface area contributed by atoms with Crippen LogP contribution in [-0.4, -0.2) is 48.2 Å². The summed E-state index contributed by atoms with van der Waals surface area (Å²) in [4.78, 5) is 13.5. The molecule has 2 heterocycles. The largest absolute Gasteiger partial charge is 0.496 e. The number of carbonyl (C=O) groups is 1. The highest BCUT2D eigenvalue weighted by Gasteiger charge is 2.18. The Morgan fingerprint density at radius 2 is 2.25 bits per heavy atom. The molecule has 1 amide bonds. The Morgan fingerprint density at radius 3 is 3.00 bits per heavy atom. The van der Waals surface area contributed by atoms with E-state index in [9.17, 15) is 4.79 Å². The zero-order chi connectivity index (χ0) is 19.1. The van der Waals surface area contributed by atoms with Crippen molar-refractivity contribution < 1.29 is 9.53 Å². The highest BCUT2D eigenvalue weighted by atomic mass is 35.5. The topological polar surface area (TPSA) is 68.2 Å². The molecule has 2 aromatic rings. The number of methoxy groups -OCH3 is 1. The van der Waals surface area contributed by atoms with E-state index in [-0.39, 0.29) is 18.3 Å². The number of nitrogens with one attached hydrogen (secondary N) is 2. The fraction of sp³-hybridized carbons (Fsp3) is 0.500. The molecule has 2 N–H and O–H groups in total. The highest BCUT2D eigenvalue weighted by Crippen LogP contribution is 2.29. The lowest BCUT2D eigenvalue weighted by Crippen LogP contribution is -2.32. The van der Waals surface area contributed by atoms with E-state index in [2.05, 4.69) is 28.7 Å². The Morgan fingerprint density at radius 1 is 1.43 bits per heavy atom. The van der Waals surface area contributed by atoms with Gasteiger partial charge < -0.3 is 15.4 Å². The number of halogens is 1. The average molecular weight is 425 g/mol. The summed E-state index contributed by atoms with van der Waals surface area (Å²) in [6.45, 7) is 4.74. The average Bonchev–Trinajstić information content (AvgIpc) is 3.21. The van der Waals surface area contributed by atoms with E-state index >= 15 is 0 Å². The second-order valence-electron chi connectivity index (χ2n) is 6.96. The summed E-state index contributed by atoms with van der Waals surface area (Å²) >= 11 is 1.75. The molecule has 0 saturated carbocycles. The van der Waals surface area contributed by atoms with Gasteiger partial charge in [0, 0.05) is 29.9 Å². The van der Waals surface area contributed by atoms with Gasteiger partial charge in [-0.1, -0.05) is 19.1 Å². The number of ether oxygens (including phenoxy) is 1. The smallest absolute Gasteiger partial charge is 0.271 e. The lowest BCUT2D eigenvalue weighted by molar-refractivity contribution is 0.0943. The lowest BCUT2D eigenvalue weighted by atomic mass is 10.1. The normalized spacial score (nSPS) is 17.4. The maximum atomic E-state index is 12.4. The quantitative estimate of drug-likeness (QED) is 0.635. The van der Waals surface area contributed by atoms with Crippen molar-refractivity contribution in [3.8, 4) is 5.75 Å². The number of nitrogens with zero attached hydrogens (tertiary/aromatic N) is 2. The zero-order valence-electron chi connectivity index (χ0n) is 16.4. The molecular formula is C20H29ClN4O2S. The van der Waals surface area contributed by atoms with Crippen LogP contribution in [-0.2, 0) is 0 Å². The maximum Gasteiger partial charge on any atom is 0.271 e. The van der Waals surface area contributed by atoms with E-state index in [0.29, 0.717) is 24.2 Å². The second kappa shape index (κ2) is 11.3. The molecule has 1 aromatic heterocycles. The summed E-state index contributed by atoms with van der Waals surface area (Å²) in [6, 6.07) is 10.1. The van der Waals surface area contributed by atoms with Gasteiger partial charge in [0.2, 0.25) is 0 Å². The predicted octanol–water partition coefficient (Wildman–Crippen LogP) is 3.40. The van der Waals surface area contributed by atoms with Crippen LogP contribution in [0.25, 0.3) is 0 Å². The third-order valence-corrected chi connectivity index (χ3v) is 6.07. The molecule has 6 nitrogen and oxygen atoms in total. The fourth-order valence-electron chi connectivity index (χ4n) is 3.11. The van der Waals surface area contributed by atoms with E-state index in [0.717, 1.165) is 42.3 Å². The number of rotatable bonds is 8. The number of para-hydroxylation sites is 1. The van der Waals surface area contributed by atoms with Gasteiger partial charge in [0.1, 0.15) is 11.4 Å². The molecule has 1 aliphatic heterocycles. The summed E-state index contributed by atoms with van der Waals surface area (Å²) in [5.41, 5.74) is 0.491. The third kappa shape index (κ3) is 6.15. The first-order valence-corrected chi connectivity index (χ1v) is 10.5. The van der Waals surface area contributed by atoms with Gasteiger partial charge in [-0.3, -0.25) is 9.48 Å². The van der Waals surface area contributed by atoms with Crippen LogP contribution in [0.5, 0.6) is 5.75 Å². The number of carbonyl (C=O) groups excluding carboxylic acids is 1. The van der Waals surface area contributed by atoms with E-state index in [1.807, 2.05) is 29.1 Å². The molecule has 2 unspecified atom stereocenters. The van der Waals surface area contributed by atoms with E-state index in [1.54, 1.807) is 24.9 Å². The molecule has 28 heavy (non-hydrogen) atoms. The molecule has 0 spiro atoms. The van der Waals surface area contributed by atoms with Crippen molar-refractivity contribution in [3.05, 3.63) is 42.2 Å². The Balaban J connectivity index is 0.00000280. The maximum absolute atomic E-state index is 12.4. The number of hydrogen-bond donors (Lipinski definition) is 2. The van der Waals surface area contributed by atoms with Gasteiger partial charge in [-0.2, -0.15) is 5.10 Å². The third-order valence-electron chi connectivity index (χ3n) is 4.69. The minimum Gasteiger partial charge on any atom is -0.496 e. The number of aromatic nitrogens is 2. The molecule has 0 aliphatic carbocycles. The van der Waals surface area contributed by atoms with Crippen LogP contribution < -0.4 is 15.4 Å². The van der Waals surface area contributed by atoms with Crippen molar-refractivity contribution in [2.45, 2.75) is 30.7 Å². The van der Waals surface area contributed by atoms with Crippen molar-refractivity contribution in [1.82, 2.24) is 20.4 Å². The molecule has 0 bridgehead atoms. The van der Waals surface area contributed by atoms with Crippen LogP contribution >= 0.6 is 24.2 Å². The molecule has 1 saturated heterocycles. The van der Waals surface area contributed by atoms with Crippen molar-refractivity contribution in [2.75, 3.05) is 32.5 Å². The van der Waals surface area contributed by atoms with Crippen LogP contribution in [0.4, 0.5) is 0 Å². The summed E-state index contributed by atoms with van der Waals surface area (Å²) in [6.07, 6.45) is 4.16. The van der Waals surface area contributed by atoms with Gasteiger partial charge in [-0.25, -0.2) is 0 Å². The van der Waals surface area contributed by atoms with Crippen molar-refractivity contribution in [3.63, 3.8) is 0 Å². The van der Waals surface area contributed by atoms with E-state index in [4.69, 9.17) is 4.74 Å². The lowest BCUT2D eigenvalue weighted by Gasteiger charge is -2.22. The van der Waals surface area contributed by atoms with Gasteiger partial charge >= 0.3 is 0 Å². The summed E-state index contributed by atoms with van der Waals surface area (Å²) in [5.74, 6) is 2.03. The Bertz CT molecular complexity index is 749. The summed E-state index contributed by atoms with van der Waals surface area (Å²) < 4.78 is 7.30. The van der Waals surface area contributed by atoms with E-state index in [1.165, 1.54) is 0 Å². The molecule has 154 valence electrons. The molecule has 2 atom stereocenters. The van der Waals surface area contributed by atoms with Crippen molar-refractivity contribution in [1.29, 1.82) is 0 Å². The molecular weight excluding hydrogens is 396 g/mol. The predicted molar refractivity (Wildman–Crippen MR) is 116 cm³/mol. The zero-order valence-corrected chi connectivity index (χ0v) is 18.0. The molecule has 8 heteroatoms. The molecule has 1 aliphatic rings. The fourth-order valence-corrected chi connectivity index (χ4v) is 4.16. The first-order valence-electron chi connectivity index (χ1n) is 9.47. The summed E-state index contributed by atoms with van der Waals surface area (Å²) in [7, 11) is 1.69. The number of amides is 1. The van der Waals surface area contributed by atoms with Gasteiger partial charge in [-0.05, 0) is 43.5 Å². The van der Waals surface area contributed by atoms with Crippen molar-refractivity contribution >= 4 is 30.1 Å². The number of hydrogen-bond acceptors (Lipinski definition) is 5. The monoisotopic (exact) mass is 424 g/mol. The van der Waals surface area contributed by atoms with Crippen LogP contribution in [0.3, 0.4) is 0 Å². The van der Waals surface area contributed by atoms with Crippen LogP contribution in [0.1, 0.15) is 36.3 Å². The standard InChI is InChI=1S/C20H28N4O2S.ClH/c1-15(14-27-19-8-4-3-7-18(19)26-2)12-22-20(25)17-9-11-24(23-17)16-6-5-10-21-13-16;/h3-4,7-9,11,15-16,21H,5-6,10,12-14H2,1-2H3,(H,22,25);1H. The number of benzene rings is 1. The van der Waals surface area contributed by atoms with Crippen LogP contribution in [0.15, 0.2) is 41.4 Å². The minimum atomic E-state index is -0.105. The minimum absolute atomic E-state index is 0. The van der Waals surface area contributed by atoms with Crippen LogP contribution in [0.2, 0.25) is 0 Å². The van der Waals surface area contributed by atoms with E-state index < -0.39 is 0 Å². The van der Waals surface area contributed by atoms with Gasteiger partial charge in [0.25, 0.3) is 5.91 Å². The highest BCUT2D eigenvalue weighted by molar-refractivity contribution is 7.99. The van der Waals surface area contributed by atoms with Crippen LogP contribution in [0, 0.1) is 5.92 Å². The van der Waals surface area contributed by atoms with Gasteiger partial charge in [0.15, 0.2) is 0 Å². The molecule has 1 fully saturated rings. The Hall–Kier alpha value is -1.70. The number of piperidine rings is 1. The SMILES string of the molecule is COc1ccccc1SCC(C)CNC(=O)c1ccn(C2CCCNC2)n1.Cl. The molecule has 0 radical (unpaired) electrons. The first kappa shape index (κ1) is 22.6.